The molecule has 1 amide bonds. The fraction of sp³-hybridized carbons (Fsp3) is 0.0435. The maximum atomic E-state index is 12.5. The summed E-state index contributed by atoms with van der Waals surface area (Å²) in [5.41, 5.74) is 1.60. The highest BCUT2D eigenvalue weighted by atomic mass is 16.5. The molecule has 0 spiro atoms. The van der Waals surface area contributed by atoms with Crippen molar-refractivity contribution in [1.82, 2.24) is 10.3 Å². The molecule has 0 saturated heterocycles. The second-order valence-corrected chi connectivity index (χ2v) is 6.18. The van der Waals surface area contributed by atoms with Gasteiger partial charge in [0.2, 0.25) is 0 Å². The number of hydrogen-bond acceptors (Lipinski definition) is 3. The molecular formula is C23H18N2O2. The average Bonchev–Trinajstić information content (AvgIpc) is 2.73. The number of nitrogens with zero attached hydrogens (tertiary/aromatic N) is 1. The highest BCUT2D eigenvalue weighted by Gasteiger charge is 2.07. The first-order chi connectivity index (χ1) is 13.3. The van der Waals surface area contributed by atoms with Gasteiger partial charge in [-0.15, -0.1) is 0 Å². The summed E-state index contributed by atoms with van der Waals surface area (Å²) in [6.45, 7) is 0.430. The minimum absolute atomic E-state index is 0.108. The molecule has 4 rings (SSSR count). The molecule has 1 aromatic heterocycles. The van der Waals surface area contributed by atoms with Crippen LogP contribution in [0.25, 0.3) is 10.8 Å². The molecule has 0 bridgehead atoms. The lowest BCUT2D eigenvalue weighted by atomic mass is 10.1. The number of carbonyl (C=O) groups is 1. The van der Waals surface area contributed by atoms with Crippen molar-refractivity contribution in [2.75, 3.05) is 0 Å². The van der Waals surface area contributed by atoms with Crippen molar-refractivity contribution in [3.05, 3.63) is 102 Å². The van der Waals surface area contributed by atoms with E-state index in [0.717, 1.165) is 27.8 Å². The number of ether oxygens (including phenoxy) is 1. The van der Waals surface area contributed by atoms with Crippen molar-refractivity contribution in [2.24, 2.45) is 0 Å². The van der Waals surface area contributed by atoms with Crippen LogP contribution in [0.1, 0.15) is 15.9 Å². The summed E-state index contributed by atoms with van der Waals surface area (Å²) in [6, 6.07) is 24.8. The Hall–Kier alpha value is -3.66. The van der Waals surface area contributed by atoms with E-state index in [2.05, 4.69) is 10.3 Å². The Bertz CT molecular complexity index is 1080. The topological polar surface area (TPSA) is 51.2 Å². The van der Waals surface area contributed by atoms with Crippen LogP contribution >= 0.6 is 0 Å². The molecule has 0 fully saturated rings. The third kappa shape index (κ3) is 4.12. The van der Waals surface area contributed by atoms with E-state index in [1.54, 1.807) is 12.4 Å². The van der Waals surface area contributed by atoms with Crippen molar-refractivity contribution < 1.29 is 9.53 Å². The molecule has 27 heavy (non-hydrogen) atoms. The molecule has 0 aliphatic rings. The molecular weight excluding hydrogens is 336 g/mol. The highest BCUT2D eigenvalue weighted by molar-refractivity contribution is 5.98. The number of carbonyl (C=O) groups excluding carboxylic acids is 1. The van der Waals surface area contributed by atoms with Gasteiger partial charge in [0.1, 0.15) is 11.5 Å². The van der Waals surface area contributed by atoms with Crippen LogP contribution in [0, 0.1) is 0 Å². The standard InChI is InChI=1S/C23H18N2O2/c26-23(19-9-10-20-16-24-12-11-18(20)14-19)25-15-17-5-4-8-22(13-17)27-21-6-2-1-3-7-21/h1-14,16H,15H2,(H,25,26). The number of pyridine rings is 1. The first-order valence-electron chi connectivity index (χ1n) is 8.72. The monoisotopic (exact) mass is 354 g/mol. The zero-order chi connectivity index (χ0) is 18.5. The largest absolute Gasteiger partial charge is 0.457 e. The molecule has 0 aliphatic heterocycles. The van der Waals surface area contributed by atoms with Gasteiger partial charge in [-0.1, -0.05) is 36.4 Å². The van der Waals surface area contributed by atoms with Crippen LogP contribution in [-0.2, 0) is 6.54 Å². The van der Waals surface area contributed by atoms with Crippen molar-refractivity contribution in [3.63, 3.8) is 0 Å². The first-order valence-corrected chi connectivity index (χ1v) is 8.72. The third-order valence-corrected chi connectivity index (χ3v) is 4.23. The van der Waals surface area contributed by atoms with E-state index < -0.39 is 0 Å². The summed E-state index contributed by atoms with van der Waals surface area (Å²) >= 11 is 0. The zero-order valence-corrected chi connectivity index (χ0v) is 14.6. The zero-order valence-electron chi connectivity index (χ0n) is 14.6. The number of benzene rings is 3. The summed E-state index contributed by atoms with van der Waals surface area (Å²) in [5.74, 6) is 1.42. The van der Waals surface area contributed by atoms with Crippen LogP contribution in [0.3, 0.4) is 0 Å². The van der Waals surface area contributed by atoms with Gasteiger partial charge in [-0.25, -0.2) is 0 Å². The van der Waals surface area contributed by atoms with Gasteiger partial charge < -0.3 is 10.1 Å². The van der Waals surface area contributed by atoms with Gasteiger partial charge in [0, 0.05) is 29.9 Å². The quantitative estimate of drug-likeness (QED) is 0.551. The molecule has 4 nitrogen and oxygen atoms in total. The van der Waals surface area contributed by atoms with Crippen molar-refractivity contribution >= 4 is 16.7 Å². The first kappa shape index (κ1) is 16.8. The molecule has 1 N–H and O–H groups in total. The summed E-state index contributed by atoms with van der Waals surface area (Å²) in [4.78, 5) is 16.6. The Morgan fingerprint density at radius 2 is 1.70 bits per heavy atom. The van der Waals surface area contributed by atoms with Crippen molar-refractivity contribution in [1.29, 1.82) is 0 Å². The van der Waals surface area contributed by atoms with Gasteiger partial charge in [0.15, 0.2) is 0 Å². The summed E-state index contributed by atoms with van der Waals surface area (Å²) in [5, 5.41) is 4.97. The maximum Gasteiger partial charge on any atom is 0.251 e. The minimum Gasteiger partial charge on any atom is -0.457 e. The van der Waals surface area contributed by atoms with Crippen LogP contribution in [0.15, 0.2) is 91.3 Å². The Kier molecular flexibility index (Phi) is 4.79. The van der Waals surface area contributed by atoms with Crippen LogP contribution in [-0.4, -0.2) is 10.9 Å². The summed E-state index contributed by atoms with van der Waals surface area (Å²) in [6.07, 6.45) is 3.51. The van der Waals surface area contributed by atoms with Gasteiger partial charge in [0.25, 0.3) is 5.91 Å². The minimum atomic E-state index is -0.108. The van der Waals surface area contributed by atoms with Gasteiger partial charge in [-0.3, -0.25) is 9.78 Å². The lowest BCUT2D eigenvalue weighted by Gasteiger charge is -2.09. The van der Waals surface area contributed by atoms with Crippen molar-refractivity contribution in [2.45, 2.75) is 6.54 Å². The Morgan fingerprint density at radius 3 is 2.59 bits per heavy atom. The van der Waals surface area contributed by atoms with Crippen LogP contribution in [0.5, 0.6) is 11.5 Å². The van der Waals surface area contributed by atoms with E-state index in [4.69, 9.17) is 4.74 Å². The van der Waals surface area contributed by atoms with E-state index >= 15 is 0 Å². The van der Waals surface area contributed by atoms with Crippen LogP contribution < -0.4 is 10.1 Å². The van der Waals surface area contributed by atoms with E-state index in [1.807, 2.05) is 78.9 Å². The van der Waals surface area contributed by atoms with E-state index in [1.165, 1.54) is 0 Å². The van der Waals surface area contributed by atoms with Crippen LogP contribution in [0.2, 0.25) is 0 Å². The number of aromatic nitrogens is 1. The fourth-order valence-electron chi connectivity index (χ4n) is 2.85. The molecule has 0 saturated carbocycles. The Labute approximate surface area is 157 Å². The number of fused-ring (bicyclic) bond motifs is 1. The fourth-order valence-corrected chi connectivity index (χ4v) is 2.85. The van der Waals surface area contributed by atoms with Crippen LogP contribution in [0.4, 0.5) is 0 Å². The molecule has 132 valence electrons. The maximum absolute atomic E-state index is 12.5. The number of rotatable bonds is 5. The molecule has 0 aliphatic carbocycles. The van der Waals surface area contributed by atoms with E-state index in [0.29, 0.717) is 12.1 Å². The molecule has 0 unspecified atom stereocenters. The van der Waals surface area contributed by atoms with E-state index in [9.17, 15) is 4.79 Å². The molecule has 0 atom stereocenters. The Morgan fingerprint density at radius 1 is 0.852 bits per heavy atom. The highest BCUT2D eigenvalue weighted by Crippen LogP contribution is 2.22. The predicted molar refractivity (Wildman–Crippen MR) is 106 cm³/mol. The predicted octanol–water partition coefficient (Wildman–Crippen LogP) is 4.96. The Balaban J connectivity index is 1.43. The molecule has 1 heterocycles. The lowest BCUT2D eigenvalue weighted by Crippen LogP contribution is -2.22. The average molecular weight is 354 g/mol. The number of hydrogen-bond donors (Lipinski definition) is 1. The SMILES string of the molecule is O=C(NCc1cccc(Oc2ccccc2)c1)c1ccc2cnccc2c1. The molecule has 0 radical (unpaired) electrons. The smallest absolute Gasteiger partial charge is 0.251 e. The summed E-state index contributed by atoms with van der Waals surface area (Å²) in [7, 11) is 0. The van der Waals surface area contributed by atoms with Gasteiger partial charge in [-0.05, 0) is 53.4 Å². The molecule has 3 aromatic carbocycles. The molecule has 4 heteroatoms. The van der Waals surface area contributed by atoms with Gasteiger partial charge in [-0.2, -0.15) is 0 Å². The summed E-state index contributed by atoms with van der Waals surface area (Å²) < 4.78 is 5.84. The number of para-hydroxylation sites is 1. The number of nitrogens with one attached hydrogen (secondary N) is 1. The third-order valence-electron chi connectivity index (χ3n) is 4.23. The normalized spacial score (nSPS) is 10.5. The lowest BCUT2D eigenvalue weighted by molar-refractivity contribution is 0.0951. The second kappa shape index (κ2) is 7.70. The van der Waals surface area contributed by atoms with Gasteiger partial charge >= 0.3 is 0 Å². The number of amides is 1. The molecule has 4 aromatic rings. The second-order valence-electron chi connectivity index (χ2n) is 6.18. The van der Waals surface area contributed by atoms with Crippen molar-refractivity contribution in [3.8, 4) is 11.5 Å². The van der Waals surface area contributed by atoms with Gasteiger partial charge in [0.05, 0.1) is 0 Å². The van der Waals surface area contributed by atoms with E-state index in [-0.39, 0.29) is 5.91 Å².